The van der Waals surface area contributed by atoms with Crippen LogP contribution in [0.4, 0.5) is 17.2 Å². The number of hydrogen-bond donors (Lipinski definition) is 1. The van der Waals surface area contributed by atoms with E-state index in [0.717, 1.165) is 11.4 Å². The first-order valence-corrected chi connectivity index (χ1v) is 9.19. The zero-order chi connectivity index (χ0) is 20.8. The molecule has 0 saturated carbocycles. The Morgan fingerprint density at radius 1 is 1.03 bits per heavy atom. The van der Waals surface area contributed by atoms with E-state index >= 15 is 0 Å². The molecule has 7 nitrogen and oxygen atoms in total. The second kappa shape index (κ2) is 8.97. The molecule has 0 unspecified atom stereocenters. The Kier molecular flexibility index (Phi) is 6.19. The molecule has 1 amide bonds. The number of aryl methyl sites for hydroxylation is 1. The van der Waals surface area contributed by atoms with Gasteiger partial charge in [0.2, 0.25) is 0 Å². The number of carbonyl (C=O) groups excluding carboxylic acids is 2. The van der Waals surface area contributed by atoms with Crippen molar-refractivity contribution >= 4 is 29.1 Å². The smallest absolute Gasteiger partial charge is 0.337 e. The molecule has 1 heterocycles. The van der Waals surface area contributed by atoms with Gasteiger partial charge in [-0.3, -0.25) is 4.79 Å². The third kappa shape index (κ3) is 4.76. The van der Waals surface area contributed by atoms with Gasteiger partial charge in [0.1, 0.15) is 17.3 Å². The van der Waals surface area contributed by atoms with Gasteiger partial charge >= 0.3 is 5.97 Å². The van der Waals surface area contributed by atoms with Crippen molar-refractivity contribution in [1.82, 2.24) is 9.97 Å². The van der Waals surface area contributed by atoms with E-state index in [2.05, 4.69) is 15.3 Å². The Hall–Kier alpha value is -3.74. The highest BCUT2D eigenvalue weighted by molar-refractivity contribution is 6.05. The Morgan fingerprint density at radius 2 is 1.72 bits per heavy atom. The van der Waals surface area contributed by atoms with E-state index in [1.54, 1.807) is 42.2 Å². The van der Waals surface area contributed by atoms with Crippen LogP contribution in [0, 0.1) is 6.92 Å². The van der Waals surface area contributed by atoms with E-state index in [9.17, 15) is 9.59 Å². The van der Waals surface area contributed by atoms with Gasteiger partial charge in [0.05, 0.1) is 12.7 Å². The average molecular weight is 390 g/mol. The van der Waals surface area contributed by atoms with Gasteiger partial charge < -0.3 is 15.0 Å². The van der Waals surface area contributed by atoms with Gasteiger partial charge in [0, 0.05) is 24.0 Å². The maximum absolute atomic E-state index is 13.0. The molecule has 7 heteroatoms. The van der Waals surface area contributed by atoms with Gasteiger partial charge in [-0.05, 0) is 50.2 Å². The summed E-state index contributed by atoms with van der Waals surface area (Å²) in [5.74, 6) is 0.376. The molecule has 1 aromatic heterocycles. The summed E-state index contributed by atoms with van der Waals surface area (Å²) in [4.78, 5) is 34.9. The summed E-state index contributed by atoms with van der Waals surface area (Å²) in [5.41, 5.74) is 2.29. The highest BCUT2D eigenvalue weighted by atomic mass is 16.5. The number of esters is 1. The first-order chi connectivity index (χ1) is 14.0. The van der Waals surface area contributed by atoms with E-state index in [4.69, 9.17) is 4.74 Å². The third-order valence-corrected chi connectivity index (χ3v) is 4.26. The van der Waals surface area contributed by atoms with Crippen molar-refractivity contribution in [2.24, 2.45) is 0 Å². The molecule has 1 N–H and O–H groups in total. The monoisotopic (exact) mass is 390 g/mol. The molecule has 0 saturated heterocycles. The zero-order valence-electron chi connectivity index (χ0n) is 16.5. The number of nitrogens with zero attached hydrogens (tertiary/aromatic N) is 3. The van der Waals surface area contributed by atoms with Crippen molar-refractivity contribution in [3.8, 4) is 0 Å². The van der Waals surface area contributed by atoms with Gasteiger partial charge in [-0.15, -0.1) is 0 Å². The number of anilines is 3. The molecule has 0 aliphatic heterocycles. The lowest BCUT2D eigenvalue weighted by molar-refractivity contribution is 0.0600. The van der Waals surface area contributed by atoms with Gasteiger partial charge in [0.25, 0.3) is 5.91 Å². The summed E-state index contributed by atoms with van der Waals surface area (Å²) < 4.78 is 4.70. The second-order valence-electron chi connectivity index (χ2n) is 6.26. The molecule has 0 aliphatic rings. The molecule has 3 rings (SSSR count). The lowest BCUT2D eigenvalue weighted by atomic mass is 10.2. The predicted molar refractivity (Wildman–Crippen MR) is 112 cm³/mol. The topological polar surface area (TPSA) is 84.4 Å². The fraction of sp³-hybridized carbons (Fsp3) is 0.182. The Balaban J connectivity index is 1.84. The summed E-state index contributed by atoms with van der Waals surface area (Å²) in [7, 11) is 1.34. The van der Waals surface area contributed by atoms with Crippen molar-refractivity contribution < 1.29 is 14.3 Å². The SMILES string of the molecule is CCN(C(=O)c1cc(Nc2ccc(C(=O)OC)cc2)nc(C)n1)c1ccccc1. The average Bonchev–Trinajstić information content (AvgIpc) is 2.74. The van der Waals surface area contributed by atoms with Crippen LogP contribution >= 0.6 is 0 Å². The standard InChI is InChI=1S/C22H22N4O3/c1-4-26(18-8-6-5-7-9-18)21(27)19-14-20(24-15(2)23-19)25-17-12-10-16(11-13-17)22(28)29-3/h5-14H,4H2,1-3H3,(H,23,24,25). The minimum absolute atomic E-state index is 0.201. The molecular formula is C22H22N4O3. The summed E-state index contributed by atoms with van der Waals surface area (Å²) in [6.45, 7) is 4.17. The lowest BCUT2D eigenvalue weighted by Crippen LogP contribution is -2.31. The van der Waals surface area contributed by atoms with Crippen LogP contribution in [-0.2, 0) is 4.74 Å². The number of nitrogens with one attached hydrogen (secondary N) is 1. The molecular weight excluding hydrogens is 368 g/mol. The van der Waals surface area contributed by atoms with E-state index in [1.807, 2.05) is 37.3 Å². The van der Waals surface area contributed by atoms with Crippen LogP contribution < -0.4 is 10.2 Å². The maximum atomic E-state index is 13.0. The first kappa shape index (κ1) is 20.0. The quantitative estimate of drug-likeness (QED) is 0.641. The number of rotatable bonds is 6. The molecule has 3 aromatic rings. The molecule has 0 atom stereocenters. The maximum Gasteiger partial charge on any atom is 0.337 e. The van der Waals surface area contributed by atoms with Crippen LogP contribution in [0.25, 0.3) is 0 Å². The highest BCUT2D eigenvalue weighted by Crippen LogP contribution is 2.20. The summed E-state index contributed by atoms with van der Waals surface area (Å²) in [5, 5.41) is 3.15. The van der Waals surface area contributed by atoms with Crippen LogP contribution in [-0.4, -0.2) is 35.5 Å². The minimum Gasteiger partial charge on any atom is -0.465 e. The van der Waals surface area contributed by atoms with Crippen molar-refractivity contribution in [3.63, 3.8) is 0 Å². The molecule has 0 aliphatic carbocycles. The fourth-order valence-electron chi connectivity index (χ4n) is 2.89. The van der Waals surface area contributed by atoms with Crippen LogP contribution in [0.3, 0.4) is 0 Å². The molecule has 29 heavy (non-hydrogen) atoms. The van der Waals surface area contributed by atoms with Crippen molar-refractivity contribution in [2.75, 3.05) is 23.9 Å². The fourth-order valence-corrected chi connectivity index (χ4v) is 2.89. The first-order valence-electron chi connectivity index (χ1n) is 9.19. The van der Waals surface area contributed by atoms with Crippen molar-refractivity contribution in [1.29, 1.82) is 0 Å². The summed E-state index contributed by atoms with van der Waals surface area (Å²) in [6.07, 6.45) is 0. The van der Waals surface area contributed by atoms with E-state index in [1.165, 1.54) is 7.11 Å². The lowest BCUT2D eigenvalue weighted by Gasteiger charge is -2.21. The molecule has 0 fully saturated rings. The molecule has 0 spiro atoms. The number of benzene rings is 2. The number of hydrogen-bond acceptors (Lipinski definition) is 6. The van der Waals surface area contributed by atoms with Gasteiger partial charge in [-0.1, -0.05) is 18.2 Å². The van der Waals surface area contributed by atoms with Crippen LogP contribution in [0.1, 0.15) is 33.6 Å². The minimum atomic E-state index is -0.400. The number of ether oxygens (including phenoxy) is 1. The Bertz CT molecular complexity index is 1000. The molecule has 0 radical (unpaired) electrons. The number of aromatic nitrogens is 2. The van der Waals surface area contributed by atoms with Crippen molar-refractivity contribution in [2.45, 2.75) is 13.8 Å². The van der Waals surface area contributed by atoms with Gasteiger partial charge in [-0.25, -0.2) is 14.8 Å². The van der Waals surface area contributed by atoms with Crippen LogP contribution in [0.15, 0.2) is 60.7 Å². The molecule has 0 bridgehead atoms. The van der Waals surface area contributed by atoms with Crippen LogP contribution in [0.5, 0.6) is 0 Å². The van der Waals surface area contributed by atoms with E-state index in [0.29, 0.717) is 29.4 Å². The summed E-state index contributed by atoms with van der Waals surface area (Å²) >= 11 is 0. The Labute approximate surface area is 169 Å². The number of carbonyl (C=O) groups is 2. The number of methoxy groups -OCH3 is 1. The number of amides is 1. The zero-order valence-corrected chi connectivity index (χ0v) is 16.5. The molecule has 2 aromatic carbocycles. The third-order valence-electron chi connectivity index (χ3n) is 4.26. The largest absolute Gasteiger partial charge is 0.465 e. The van der Waals surface area contributed by atoms with Crippen molar-refractivity contribution in [3.05, 3.63) is 77.7 Å². The van der Waals surface area contributed by atoms with E-state index in [-0.39, 0.29) is 5.91 Å². The normalized spacial score (nSPS) is 10.3. The van der Waals surface area contributed by atoms with Crippen LogP contribution in [0.2, 0.25) is 0 Å². The van der Waals surface area contributed by atoms with Gasteiger partial charge in [0.15, 0.2) is 0 Å². The molecule has 148 valence electrons. The van der Waals surface area contributed by atoms with E-state index < -0.39 is 5.97 Å². The second-order valence-corrected chi connectivity index (χ2v) is 6.26. The summed E-state index contributed by atoms with van der Waals surface area (Å²) in [6, 6.07) is 17.9. The highest BCUT2D eigenvalue weighted by Gasteiger charge is 2.19. The number of para-hydroxylation sites is 1. The predicted octanol–water partition coefficient (Wildman–Crippen LogP) is 3.98. The Morgan fingerprint density at radius 3 is 2.34 bits per heavy atom. The van der Waals surface area contributed by atoms with Gasteiger partial charge in [-0.2, -0.15) is 0 Å².